The Kier molecular flexibility index (Phi) is 5.38. The topological polar surface area (TPSA) is 46.5 Å². The van der Waals surface area contributed by atoms with E-state index in [0.717, 1.165) is 18.4 Å². The molecule has 3 heteroatoms. The minimum absolute atomic E-state index is 0.205. The molecule has 3 nitrogen and oxygen atoms in total. The fraction of sp³-hybridized carbons (Fsp3) is 0.278. The zero-order chi connectivity index (χ0) is 15.1. The normalized spacial score (nSPS) is 10.3. The molecule has 2 aromatic carbocycles. The summed E-state index contributed by atoms with van der Waals surface area (Å²) < 4.78 is 4.61. The van der Waals surface area contributed by atoms with E-state index in [2.05, 4.69) is 42.0 Å². The van der Waals surface area contributed by atoms with Crippen molar-refractivity contribution in [1.82, 2.24) is 0 Å². The third kappa shape index (κ3) is 4.35. The van der Waals surface area contributed by atoms with Gasteiger partial charge in [0, 0.05) is 6.42 Å². The first-order valence-corrected chi connectivity index (χ1v) is 7.23. The van der Waals surface area contributed by atoms with Crippen molar-refractivity contribution < 1.29 is 14.6 Å². The van der Waals surface area contributed by atoms with Gasteiger partial charge in [-0.15, -0.1) is 0 Å². The van der Waals surface area contributed by atoms with Gasteiger partial charge in [-0.1, -0.05) is 61.9 Å². The van der Waals surface area contributed by atoms with Crippen LogP contribution in [-0.4, -0.2) is 17.9 Å². The maximum absolute atomic E-state index is 10.4. The van der Waals surface area contributed by atoms with E-state index in [1.54, 1.807) is 0 Å². The highest BCUT2D eigenvalue weighted by Gasteiger charge is 2.06. The van der Waals surface area contributed by atoms with Gasteiger partial charge < -0.3 is 9.84 Å². The molecule has 0 spiro atoms. The Hall–Kier alpha value is -2.29. The van der Waals surface area contributed by atoms with Crippen LogP contribution in [-0.2, 0) is 17.6 Å². The van der Waals surface area contributed by atoms with Crippen LogP contribution >= 0.6 is 0 Å². The Morgan fingerprint density at radius 1 is 1.00 bits per heavy atom. The summed E-state index contributed by atoms with van der Waals surface area (Å²) in [5.41, 5.74) is 4.83. The van der Waals surface area contributed by atoms with Crippen molar-refractivity contribution >= 4 is 6.16 Å². The quantitative estimate of drug-likeness (QED) is 0.792. The number of hydrogen-bond acceptors (Lipinski definition) is 2. The number of aryl methyl sites for hydroxylation is 1. The van der Waals surface area contributed by atoms with Crippen molar-refractivity contribution in [2.24, 2.45) is 0 Å². The summed E-state index contributed by atoms with van der Waals surface area (Å²) in [7, 11) is 0. The molecule has 0 heterocycles. The number of carbonyl (C=O) groups is 1. The van der Waals surface area contributed by atoms with Crippen molar-refractivity contribution in [3.05, 3.63) is 59.7 Å². The van der Waals surface area contributed by atoms with E-state index < -0.39 is 6.16 Å². The minimum Gasteiger partial charge on any atom is -0.450 e. The van der Waals surface area contributed by atoms with E-state index in [9.17, 15) is 4.79 Å². The Labute approximate surface area is 125 Å². The highest BCUT2D eigenvalue weighted by Crippen LogP contribution is 2.23. The third-order valence-corrected chi connectivity index (χ3v) is 3.43. The van der Waals surface area contributed by atoms with Gasteiger partial charge in [0.15, 0.2) is 0 Å². The predicted molar refractivity (Wildman–Crippen MR) is 83.6 cm³/mol. The molecule has 0 saturated heterocycles. The lowest BCUT2D eigenvalue weighted by atomic mass is 9.95. The second kappa shape index (κ2) is 7.48. The maximum Gasteiger partial charge on any atom is 0.505 e. The average Bonchev–Trinajstić information content (AvgIpc) is 2.49. The second-order valence-electron chi connectivity index (χ2n) is 4.96. The predicted octanol–water partition coefficient (Wildman–Crippen LogP) is 4.54. The molecule has 2 aromatic rings. The van der Waals surface area contributed by atoms with Crippen LogP contribution in [0.5, 0.6) is 0 Å². The molecule has 0 aromatic heterocycles. The van der Waals surface area contributed by atoms with Gasteiger partial charge in [-0.05, 0) is 28.7 Å². The first-order chi connectivity index (χ1) is 10.2. The summed E-state index contributed by atoms with van der Waals surface area (Å²) in [4.78, 5) is 10.4. The van der Waals surface area contributed by atoms with Gasteiger partial charge in [0.1, 0.15) is 0 Å². The number of hydrogen-bond donors (Lipinski definition) is 1. The molecule has 1 N–H and O–H groups in total. The summed E-state index contributed by atoms with van der Waals surface area (Å²) in [5, 5.41) is 8.53. The summed E-state index contributed by atoms with van der Waals surface area (Å²) in [5.74, 6) is 0. The van der Waals surface area contributed by atoms with Gasteiger partial charge in [-0.2, -0.15) is 0 Å². The largest absolute Gasteiger partial charge is 0.505 e. The molecular formula is C18H20O3. The standard InChI is InChI=1S/C18H20O3/c1-2-6-16-13-17(14-7-4-3-5-8-14)10-9-15(16)11-12-21-18(19)20/h3-5,7-10,13H,2,6,11-12H2,1H3,(H,19,20). The summed E-state index contributed by atoms with van der Waals surface area (Å²) >= 11 is 0. The van der Waals surface area contributed by atoms with Gasteiger partial charge in [-0.25, -0.2) is 4.79 Å². The van der Waals surface area contributed by atoms with Crippen molar-refractivity contribution in [2.75, 3.05) is 6.61 Å². The van der Waals surface area contributed by atoms with Crippen molar-refractivity contribution in [3.8, 4) is 11.1 Å². The Balaban J connectivity index is 2.20. The Morgan fingerprint density at radius 2 is 1.76 bits per heavy atom. The van der Waals surface area contributed by atoms with Crippen molar-refractivity contribution in [3.63, 3.8) is 0 Å². The van der Waals surface area contributed by atoms with Gasteiger partial charge in [0.25, 0.3) is 0 Å². The number of rotatable bonds is 6. The van der Waals surface area contributed by atoms with Crippen LogP contribution in [0.25, 0.3) is 11.1 Å². The molecule has 0 aliphatic rings. The van der Waals surface area contributed by atoms with Crippen LogP contribution in [0.2, 0.25) is 0 Å². The highest BCUT2D eigenvalue weighted by molar-refractivity contribution is 5.65. The van der Waals surface area contributed by atoms with Gasteiger partial charge >= 0.3 is 6.16 Å². The number of ether oxygens (including phenoxy) is 1. The van der Waals surface area contributed by atoms with Gasteiger partial charge in [-0.3, -0.25) is 0 Å². The lowest BCUT2D eigenvalue weighted by Gasteiger charge is -2.11. The second-order valence-corrected chi connectivity index (χ2v) is 4.96. The summed E-state index contributed by atoms with van der Waals surface area (Å²) in [6, 6.07) is 16.6. The van der Waals surface area contributed by atoms with Crippen LogP contribution in [0.4, 0.5) is 4.79 Å². The zero-order valence-corrected chi connectivity index (χ0v) is 12.2. The van der Waals surface area contributed by atoms with Gasteiger partial charge in [0.2, 0.25) is 0 Å². The SMILES string of the molecule is CCCc1cc(-c2ccccc2)ccc1CCOC(=O)O. The molecule has 0 atom stereocenters. The molecule has 0 bridgehead atoms. The Bertz CT molecular complexity index is 591. The lowest BCUT2D eigenvalue weighted by molar-refractivity contribution is 0.0926. The molecular weight excluding hydrogens is 264 g/mol. The monoisotopic (exact) mass is 284 g/mol. The van der Waals surface area contributed by atoms with Crippen LogP contribution in [0.1, 0.15) is 24.5 Å². The van der Waals surface area contributed by atoms with E-state index in [4.69, 9.17) is 5.11 Å². The van der Waals surface area contributed by atoms with E-state index in [-0.39, 0.29) is 6.61 Å². The third-order valence-electron chi connectivity index (χ3n) is 3.43. The first-order valence-electron chi connectivity index (χ1n) is 7.23. The summed E-state index contributed by atoms with van der Waals surface area (Å²) in [6.07, 6.45) is 1.46. The molecule has 0 aliphatic carbocycles. The van der Waals surface area contributed by atoms with E-state index in [1.807, 2.05) is 18.2 Å². The number of benzene rings is 2. The molecule has 110 valence electrons. The highest BCUT2D eigenvalue weighted by atomic mass is 16.7. The molecule has 0 aliphatic heterocycles. The molecule has 0 amide bonds. The molecule has 0 unspecified atom stereocenters. The molecule has 21 heavy (non-hydrogen) atoms. The van der Waals surface area contributed by atoms with Crippen LogP contribution in [0, 0.1) is 0 Å². The lowest BCUT2D eigenvalue weighted by Crippen LogP contribution is -2.06. The van der Waals surface area contributed by atoms with Crippen molar-refractivity contribution in [1.29, 1.82) is 0 Å². The number of carboxylic acid groups (broad SMARTS) is 1. The molecule has 0 radical (unpaired) electrons. The van der Waals surface area contributed by atoms with Crippen LogP contribution < -0.4 is 0 Å². The minimum atomic E-state index is -1.21. The van der Waals surface area contributed by atoms with E-state index in [0.29, 0.717) is 6.42 Å². The van der Waals surface area contributed by atoms with E-state index >= 15 is 0 Å². The summed E-state index contributed by atoms with van der Waals surface area (Å²) in [6.45, 7) is 2.35. The molecule has 2 rings (SSSR count). The Morgan fingerprint density at radius 3 is 2.43 bits per heavy atom. The average molecular weight is 284 g/mol. The fourth-order valence-corrected chi connectivity index (χ4v) is 2.43. The van der Waals surface area contributed by atoms with Gasteiger partial charge in [0.05, 0.1) is 6.61 Å². The van der Waals surface area contributed by atoms with Crippen LogP contribution in [0.3, 0.4) is 0 Å². The van der Waals surface area contributed by atoms with Crippen molar-refractivity contribution in [2.45, 2.75) is 26.2 Å². The molecule has 0 saturated carbocycles. The zero-order valence-electron chi connectivity index (χ0n) is 12.2. The maximum atomic E-state index is 10.4. The van der Waals surface area contributed by atoms with Crippen LogP contribution in [0.15, 0.2) is 48.5 Å². The molecule has 0 fully saturated rings. The first kappa shape index (κ1) is 15.1. The fourth-order valence-electron chi connectivity index (χ4n) is 2.43. The van der Waals surface area contributed by atoms with E-state index in [1.165, 1.54) is 16.7 Å². The smallest absolute Gasteiger partial charge is 0.450 e.